The van der Waals surface area contributed by atoms with Crippen LogP contribution in [0, 0.1) is 6.92 Å². The van der Waals surface area contributed by atoms with Gasteiger partial charge in [-0.05, 0) is 24.6 Å². The Morgan fingerprint density at radius 2 is 2.19 bits per heavy atom. The summed E-state index contributed by atoms with van der Waals surface area (Å²) in [5.41, 5.74) is 2.08. The minimum Gasteiger partial charge on any atom is -0.496 e. The summed E-state index contributed by atoms with van der Waals surface area (Å²) in [5, 5.41) is 3.77. The van der Waals surface area contributed by atoms with Crippen molar-refractivity contribution in [3.8, 4) is 17.1 Å². The molecule has 0 spiro atoms. The molecular weight excluding hydrogens is 222 g/mol. The van der Waals surface area contributed by atoms with Gasteiger partial charge in [0.25, 0.3) is 0 Å². The smallest absolute Gasteiger partial charge is 0.202 e. The first kappa shape index (κ1) is 10.9. The van der Waals surface area contributed by atoms with Crippen molar-refractivity contribution in [3.63, 3.8) is 0 Å². The molecule has 1 heterocycles. The zero-order chi connectivity index (χ0) is 11.5. The van der Waals surface area contributed by atoms with E-state index in [1.54, 1.807) is 7.11 Å². The zero-order valence-corrected chi connectivity index (χ0v) is 10.3. The number of benzene rings is 1. The Balaban J connectivity index is 2.46. The Bertz CT molecular complexity index is 496. The van der Waals surface area contributed by atoms with Crippen molar-refractivity contribution in [1.82, 2.24) is 9.36 Å². The number of aromatic nitrogens is 2. The molecule has 0 aliphatic rings. The molecular formula is C11H13N3OS. The van der Waals surface area contributed by atoms with E-state index in [2.05, 4.69) is 14.7 Å². The number of anilines is 1. The molecule has 16 heavy (non-hydrogen) atoms. The lowest BCUT2D eigenvalue weighted by Gasteiger charge is -2.05. The third kappa shape index (κ3) is 1.99. The fourth-order valence-electron chi connectivity index (χ4n) is 1.42. The Morgan fingerprint density at radius 1 is 1.38 bits per heavy atom. The monoisotopic (exact) mass is 235 g/mol. The van der Waals surface area contributed by atoms with Crippen LogP contribution < -0.4 is 10.1 Å². The van der Waals surface area contributed by atoms with Gasteiger partial charge in [-0.2, -0.15) is 9.36 Å². The van der Waals surface area contributed by atoms with Crippen LogP contribution in [-0.4, -0.2) is 23.5 Å². The van der Waals surface area contributed by atoms with Crippen LogP contribution in [0.2, 0.25) is 0 Å². The standard InChI is InChI=1S/C11H13N3OS/c1-7-4-5-8(9(6-7)15-3)10-13-11(12-2)16-14-10/h4-6H,1-3H3,(H,12,13,14). The van der Waals surface area contributed by atoms with Crippen molar-refractivity contribution in [3.05, 3.63) is 23.8 Å². The maximum Gasteiger partial charge on any atom is 0.202 e. The van der Waals surface area contributed by atoms with Gasteiger partial charge in [0, 0.05) is 18.6 Å². The lowest BCUT2D eigenvalue weighted by Crippen LogP contribution is -1.91. The summed E-state index contributed by atoms with van der Waals surface area (Å²) >= 11 is 1.34. The molecule has 0 radical (unpaired) electrons. The van der Waals surface area contributed by atoms with Gasteiger partial charge in [0.05, 0.1) is 12.7 Å². The van der Waals surface area contributed by atoms with Crippen LogP contribution in [0.3, 0.4) is 0 Å². The fraction of sp³-hybridized carbons (Fsp3) is 0.273. The minimum absolute atomic E-state index is 0.700. The van der Waals surface area contributed by atoms with Gasteiger partial charge < -0.3 is 10.1 Å². The maximum absolute atomic E-state index is 5.33. The molecule has 0 saturated heterocycles. The Kier molecular flexibility index (Phi) is 3.05. The van der Waals surface area contributed by atoms with Crippen molar-refractivity contribution in [2.24, 2.45) is 0 Å². The number of hydrogen-bond acceptors (Lipinski definition) is 5. The zero-order valence-electron chi connectivity index (χ0n) is 9.44. The molecule has 0 amide bonds. The Morgan fingerprint density at radius 3 is 2.81 bits per heavy atom. The molecule has 5 heteroatoms. The third-order valence-electron chi connectivity index (χ3n) is 2.24. The van der Waals surface area contributed by atoms with E-state index >= 15 is 0 Å². The first-order valence-electron chi connectivity index (χ1n) is 4.91. The molecule has 0 bridgehead atoms. The van der Waals surface area contributed by atoms with E-state index in [-0.39, 0.29) is 0 Å². The first-order valence-corrected chi connectivity index (χ1v) is 5.68. The molecule has 0 unspecified atom stereocenters. The van der Waals surface area contributed by atoms with Crippen LogP contribution in [0.15, 0.2) is 18.2 Å². The van der Waals surface area contributed by atoms with Crippen LogP contribution in [0.4, 0.5) is 5.13 Å². The summed E-state index contributed by atoms with van der Waals surface area (Å²) in [7, 11) is 3.49. The molecule has 84 valence electrons. The maximum atomic E-state index is 5.33. The van der Waals surface area contributed by atoms with Gasteiger partial charge in [0.15, 0.2) is 5.82 Å². The van der Waals surface area contributed by atoms with Crippen LogP contribution in [0.5, 0.6) is 5.75 Å². The topological polar surface area (TPSA) is 47.0 Å². The van der Waals surface area contributed by atoms with Crippen molar-refractivity contribution in [2.75, 3.05) is 19.5 Å². The van der Waals surface area contributed by atoms with Crippen LogP contribution in [0.1, 0.15) is 5.56 Å². The van der Waals surface area contributed by atoms with Gasteiger partial charge in [-0.1, -0.05) is 6.07 Å². The Hall–Kier alpha value is -1.62. The van der Waals surface area contributed by atoms with E-state index in [0.717, 1.165) is 22.0 Å². The largest absolute Gasteiger partial charge is 0.496 e. The molecule has 2 rings (SSSR count). The average Bonchev–Trinajstić information content (AvgIpc) is 2.77. The van der Waals surface area contributed by atoms with Gasteiger partial charge in [-0.3, -0.25) is 0 Å². The van der Waals surface area contributed by atoms with Crippen molar-refractivity contribution < 1.29 is 4.74 Å². The number of methoxy groups -OCH3 is 1. The van der Waals surface area contributed by atoms with Gasteiger partial charge in [0.2, 0.25) is 5.13 Å². The number of hydrogen-bond donors (Lipinski definition) is 1. The number of nitrogens with one attached hydrogen (secondary N) is 1. The molecule has 1 N–H and O–H groups in total. The summed E-state index contributed by atoms with van der Waals surface area (Å²) in [4.78, 5) is 4.35. The van der Waals surface area contributed by atoms with Crippen LogP contribution in [-0.2, 0) is 0 Å². The van der Waals surface area contributed by atoms with Crippen molar-refractivity contribution >= 4 is 16.7 Å². The number of nitrogens with zero attached hydrogens (tertiary/aromatic N) is 2. The number of aryl methyl sites for hydroxylation is 1. The van der Waals surface area contributed by atoms with Crippen LogP contribution in [0.25, 0.3) is 11.4 Å². The summed E-state index contributed by atoms with van der Waals surface area (Å²) in [6, 6.07) is 5.99. The van der Waals surface area contributed by atoms with E-state index in [1.165, 1.54) is 11.5 Å². The lowest BCUT2D eigenvalue weighted by atomic mass is 10.1. The predicted molar refractivity (Wildman–Crippen MR) is 66.2 cm³/mol. The highest BCUT2D eigenvalue weighted by molar-refractivity contribution is 7.09. The quantitative estimate of drug-likeness (QED) is 0.888. The van der Waals surface area contributed by atoms with Crippen LogP contribution >= 0.6 is 11.5 Å². The number of ether oxygens (including phenoxy) is 1. The molecule has 0 aliphatic carbocycles. The minimum atomic E-state index is 0.700. The third-order valence-corrected chi connectivity index (χ3v) is 2.97. The van der Waals surface area contributed by atoms with E-state index < -0.39 is 0 Å². The predicted octanol–water partition coefficient (Wildman–Crippen LogP) is 2.56. The van der Waals surface area contributed by atoms with Crippen molar-refractivity contribution in [2.45, 2.75) is 6.92 Å². The average molecular weight is 235 g/mol. The van der Waals surface area contributed by atoms with Crippen molar-refractivity contribution in [1.29, 1.82) is 0 Å². The highest BCUT2D eigenvalue weighted by Crippen LogP contribution is 2.30. The second-order valence-corrected chi connectivity index (χ2v) is 4.13. The fourth-order valence-corrected chi connectivity index (χ4v) is 1.95. The summed E-state index contributed by atoms with van der Waals surface area (Å²) < 4.78 is 9.61. The van der Waals surface area contributed by atoms with Gasteiger partial charge in [-0.25, -0.2) is 0 Å². The molecule has 4 nitrogen and oxygen atoms in total. The lowest BCUT2D eigenvalue weighted by molar-refractivity contribution is 0.416. The van der Waals surface area contributed by atoms with Gasteiger partial charge >= 0.3 is 0 Å². The van der Waals surface area contributed by atoms with Gasteiger partial charge in [0.1, 0.15) is 5.75 Å². The molecule has 2 aromatic rings. The SMILES string of the molecule is CNc1nc(-c2ccc(C)cc2OC)ns1. The highest BCUT2D eigenvalue weighted by atomic mass is 32.1. The summed E-state index contributed by atoms with van der Waals surface area (Å²) in [6.07, 6.45) is 0. The van der Waals surface area contributed by atoms with E-state index in [1.807, 2.05) is 32.2 Å². The normalized spacial score (nSPS) is 10.2. The van der Waals surface area contributed by atoms with Gasteiger partial charge in [-0.15, -0.1) is 0 Å². The molecule has 0 aliphatic heterocycles. The molecule has 0 fully saturated rings. The molecule has 0 saturated carbocycles. The summed E-state index contributed by atoms with van der Waals surface area (Å²) in [6.45, 7) is 2.03. The second-order valence-electron chi connectivity index (χ2n) is 3.38. The second kappa shape index (κ2) is 4.49. The van der Waals surface area contributed by atoms with E-state index in [0.29, 0.717) is 5.82 Å². The summed E-state index contributed by atoms with van der Waals surface area (Å²) in [5.74, 6) is 1.51. The Labute approximate surface area is 98.5 Å². The molecule has 1 aromatic heterocycles. The first-order chi connectivity index (χ1) is 7.74. The highest BCUT2D eigenvalue weighted by Gasteiger charge is 2.11. The molecule has 1 aromatic carbocycles. The number of rotatable bonds is 3. The van der Waals surface area contributed by atoms with E-state index in [9.17, 15) is 0 Å². The molecule has 0 atom stereocenters. The van der Waals surface area contributed by atoms with E-state index in [4.69, 9.17) is 4.74 Å².